The molecule has 1 aliphatic heterocycles. The molecule has 1 aromatic carbocycles. The van der Waals surface area contributed by atoms with Crippen molar-refractivity contribution in [1.82, 2.24) is 4.90 Å². The van der Waals surface area contributed by atoms with Crippen molar-refractivity contribution in [1.29, 1.82) is 0 Å². The van der Waals surface area contributed by atoms with Gasteiger partial charge in [0, 0.05) is 29.1 Å². The Morgan fingerprint density at radius 1 is 1.56 bits per heavy atom. The molecule has 0 saturated carbocycles. The van der Waals surface area contributed by atoms with E-state index in [9.17, 15) is 9.18 Å². The van der Waals surface area contributed by atoms with E-state index in [1.165, 1.54) is 12.1 Å². The molecule has 3 nitrogen and oxygen atoms in total. The number of hydrogen-bond donors (Lipinski definition) is 1. The number of hydrogen-bond acceptors (Lipinski definition) is 3. The lowest BCUT2D eigenvalue weighted by Gasteiger charge is -2.32. The SMILES string of the molecule is O=C(O)C1CSCCN1Cc1cc(F)cc(Br)c1. The average molecular weight is 334 g/mol. The highest BCUT2D eigenvalue weighted by molar-refractivity contribution is 9.10. The Balaban J connectivity index is 2.13. The van der Waals surface area contributed by atoms with E-state index in [0.717, 1.165) is 17.9 Å². The molecule has 0 bridgehead atoms. The number of carboxylic acid groups (broad SMARTS) is 1. The minimum absolute atomic E-state index is 0.308. The van der Waals surface area contributed by atoms with Crippen molar-refractivity contribution in [3.05, 3.63) is 34.1 Å². The smallest absolute Gasteiger partial charge is 0.321 e. The Labute approximate surface area is 117 Å². The van der Waals surface area contributed by atoms with Crippen LogP contribution in [0.15, 0.2) is 22.7 Å². The fourth-order valence-electron chi connectivity index (χ4n) is 1.99. The molecule has 1 unspecified atom stereocenters. The molecule has 0 amide bonds. The number of thioether (sulfide) groups is 1. The maximum atomic E-state index is 13.3. The molecule has 18 heavy (non-hydrogen) atoms. The van der Waals surface area contributed by atoms with E-state index in [2.05, 4.69) is 15.9 Å². The minimum Gasteiger partial charge on any atom is -0.480 e. The van der Waals surface area contributed by atoms with Gasteiger partial charge in [0.15, 0.2) is 0 Å². The quantitative estimate of drug-likeness (QED) is 0.923. The molecular formula is C12H13BrFNO2S. The van der Waals surface area contributed by atoms with E-state index < -0.39 is 12.0 Å². The lowest BCUT2D eigenvalue weighted by atomic mass is 10.1. The van der Waals surface area contributed by atoms with Gasteiger partial charge in [-0.15, -0.1) is 0 Å². The highest BCUT2D eigenvalue weighted by Crippen LogP contribution is 2.21. The number of nitrogens with zero attached hydrogens (tertiary/aromatic N) is 1. The van der Waals surface area contributed by atoms with Crippen molar-refractivity contribution in [2.45, 2.75) is 12.6 Å². The van der Waals surface area contributed by atoms with Crippen molar-refractivity contribution >= 4 is 33.7 Å². The second-order valence-electron chi connectivity index (χ2n) is 4.18. The summed E-state index contributed by atoms with van der Waals surface area (Å²) in [6, 6.07) is 4.19. The second kappa shape index (κ2) is 6.04. The number of rotatable bonds is 3. The molecule has 1 N–H and O–H groups in total. The van der Waals surface area contributed by atoms with Gasteiger partial charge >= 0.3 is 5.97 Å². The van der Waals surface area contributed by atoms with Crippen LogP contribution in [0.1, 0.15) is 5.56 Å². The lowest BCUT2D eigenvalue weighted by molar-refractivity contribution is -0.142. The molecular weight excluding hydrogens is 321 g/mol. The molecule has 0 spiro atoms. The summed E-state index contributed by atoms with van der Waals surface area (Å²) < 4.78 is 13.9. The molecule has 1 saturated heterocycles. The molecule has 0 aromatic heterocycles. The van der Waals surface area contributed by atoms with E-state index in [0.29, 0.717) is 16.8 Å². The molecule has 1 aliphatic rings. The van der Waals surface area contributed by atoms with Gasteiger partial charge < -0.3 is 5.11 Å². The fourth-order valence-corrected chi connectivity index (χ4v) is 3.61. The molecule has 2 rings (SSSR count). The summed E-state index contributed by atoms with van der Waals surface area (Å²) in [5.41, 5.74) is 0.792. The van der Waals surface area contributed by atoms with Gasteiger partial charge in [-0.05, 0) is 23.8 Å². The van der Waals surface area contributed by atoms with Gasteiger partial charge in [0.05, 0.1) is 0 Å². The van der Waals surface area contributed by atoms with Gasteiger partial charge in [-0.25, -0.2) is 4.39 Å². The molecule has 98 valence electrons. The summed E-state index contributed by atoms with van der Waals surface area (Å²) in [6.45, 7) is 1.18. The molecule has 1 heterocycles. The number of aliphatic carboxylic acids is 1. The third-order valence-electron chi connectivity index (χ3n) is 2.83. The van der Waals surface area contributed by atoms with Gasteiger partial charge in [-0.2, -0.15) is 11.8 Å². The van der Waals surface area contributed by atoms with Crippen LogP contribution in [-0.4, -0.2) is 40.1 Å². The maximum Gasteiger partial charge on any atom is 0.321 e. The highest BCUT2D eigenvalue weighted by atomic mass is 79.9. The first kappa shape index (κ1) is 13.8. The first-order chi connectivity index (χ1) is 8.56. The van der Waals surface area contributed by atoms with Crippen LogP contribution in [0.5, 0.6) is 0 Å². The molecule has 0 aliphatic carbocycles. The molecule has 6 heteroatoms. The summed E-state index contributed by atoms with van der Waals surface area (Å²) in [4.78, 5) is 13.0. The zero-order valence-corrected chi connectivity index (χ0v) is 12.0. The van der Waals surface area contributed by atoms with Crippen LogP contribution in [0, 0.1) is 5.82 Å². The summed E-state index contributed by atoms with van der Waals surface area (Å²) in [6.07, 6.45) is 0. The van der Waals surface area contributed by atoms with Crippen LogP contribution >= 0.6 is 27.7 Å². The van der Waals surface area contributed by atoms with Crippen molar-refractivity contribution < 1.29 is 14.3 Å². The Morgan fingerprint density at radius 3 is 3.00 bits per heavy atom. The maximum absolute atomic E-state index is 13.3. The summed E-state index contributed by atoms with van der Waals surface area (Å²) in [7, 11) is 0. The Morgan fingerprint density at radius 2 is 2.33 bits per heavy atom. The van der Waals surface area contributed by atoms with Gasteiger partial charge in [0.1, 0.15) is 11.9 Å². The third kappa shape index (κ3) is 3.46. The van der Waals surface area contributed by atoms with Crippen molar-refractivity contribution in [3.8, 4) is 0 Å². The minimum atomic E-state index is -0.808. The third-order valence-corrected chi connectivity index (χ3v) is 4.31. The monoisotopic (exact) mass is 333 g/mol. The second-order valence-corrected chi connectivity index (χ2v) is 6.24. The number of carboxylic acids is 1. The predicted molar refractivity (Wildman–Crippen MR) is 73.3 cm³/mol. The van der Waals surface area contributed by atoms with E-state index >= 15 is 0 Å². The van der Waals surface area contributed by atoms with Gasteiger partial charge in [-0.1, -0.05) is 15.9 Å². The fraction of sp³-hybridized carbons (Fsp3) is 0.417. The number of benzene rings is 1. The predicted octanol–water partition coefficient (Wildman–Crippen LogP) is 2.59. The number of halogens is 2. The summed E-state index contributed by atoms with van der Waals surface area (Å²) in [5.74, 6) is 0.391. The largest absolute Gasteiger partial charge is 0.480 e. The summed E-state index contributed by atoms with van der Waals surface area (Å²) in [5, 5.41) is 9.16. The number of carbonyl (C=O) groups is 1. The van der Waals surface area contributed by atoms with E-state index in [1.54, 1.807) is 11.8 Å². The average Bonchev–Trinajstić information content (AvgIpc) is 2.27. The normalized spacial score (nSPS) is 20.9. The molecule has 1 aromatic rings. The van der Waals surface area contributed by atoms with Crippen LogP contribution in [0.4, 0.5) is 4.39 Å². The van der Waals surface area contributed by atoms with Gasteiger partial charge in [0.25, 0.3) is 0 Å². The van der Waals surface area contributed by atoms with Gasteiger partial charge in [0.2, 0.25) is 0 Å². The first-order valence-corrected chi connectivity index (χ1v) is 7.50. The van der Waals surface area contributed by atoms with Crippen molar-refractivity contribution in [2.24, 2.45) is 0 Å². The Kier molecular flexibility index (Phi) is 4.64. The Bertz CT molecular complexity index is 437. The van der Waals surface area contributed by atoms with E-state index in [-0.39, 0.29) is 5.82 Å². The standard InChI is InChI=1S/C12H13BrFNO2S/c13-9-3-8(4-10(14)5-9)6-15-1-2-18-7-11(15)12(16)17/h3-5,11H,1-2,6-7H2,(H,16,17). The van der Waals surface area contributed by atoms with Crippen molar-refractivity contribution in [2.75, 3.05) is 18.1 Å². The zero-order valence-electron chi connectivity index (χ0n) is 9.60. The first-order valence-electron chi connectivity index (χ1n) is 5.56. The van der Waals surface area contributed by atoms with Crippen LogP contribution in [-0.2, 0) is 11.3 Å². The van der Waals surface area contributed by atoms with E-state index in [1.807, 2.05) is 11.0 Å². The highest BCUT2D eigenvalue weighted by Gasteiger charge is 2.28. The molecule has 1 atom stereocenters. The summed E-state index contributed by atoms with van der Waals surface area (Å²) >= 11 is 4.89. The zero-order chi connectivity index (χ0) is 13.1. The van der Waals surface area contributed by atoms with Crippen molar-refractivity contribution in [3.63, 3.8) is 0 Å². The topological polar surface area (TPSA) is 40.5 Å². The lowest BCUT2D eigenvalue weighted by Crippen LogP contribution is -2.46. The van der Waals surface area contributed by atoms with Crippen LogP contribution in [0.3, 0.4) is 0 Å². The van der Waals surface area contributed by atoms with E-state index in [4.69, 9.17) is 5.11 Å². The van der Waals surface area contributed by atoms with Gasteiger partial charge in [-0.3, -0.25) is 9.69 Å². The molecule has 0 radical (unpaired) electrons. The van der Waals surface area contributed by atoms with Crippen LogP contribution < -0.4 is 0 Å². The van der Waals surface area contributed by atoms with Crippen LogP contribution in [0.25, 0.3) is 0 Å². The molecule has 1 fully saturated rings. The Hall–Kier alpha value is -0.590. The van der Waals surface area contributed by atoms with Crippen LogP contribution in [0.2, 0.25) is 0 Å².